The molecule has 0 fully saturated rings. The van der Waals surface area contributed by atoms with Gasteiger partial charge in [-0.3, -0.25) is 14.4 Å². The van der Waals surface area contributed by atoms with Crippen LogP contribution in [-0.2, 0) is 28.6 Å². The molecule has 0 heterocycles. The molecule has 0 spiro atoms. The van der Waals surface area contributed by atoms with Crippen molar-refractivity contribution in [2.24, 2.45) is 0 Å². The summed E-state index contributed by atoms with van der Waals surface area (Å²) in [6.45, 7) is 6.36. The number of allylic oxidation sites excluding steroid dienone is 24. The second-order valence-electron chi connectivity index (χ2n) is 21.6. The Morgan fingerprint density at radius 1 is 0.259 bits per heavy atom. The van der Waals surface area contributed by atoms with Crippen molar-refractivity contribution in [3.63, 3.8) is 0 Å². The van der Waals surface area contributed by atoms with Gasteiger partial charge in [-0.05, 0) is 141 Å². The molecular weight excluding hydrogens is 997 g/mol. The normalized spacial score (nSPS) is 13.1. The molecule has 0 aromatic carbocycles. The maximum Gasteiger partial charge on any atom is 0.306 e. The lowest BCUT2D eigenvalue weighted by atomic mass is 10.0. The van der Waals surface area contributed by atoms with Crippen molar-refractivity contribution in [2.45, 2.75) is 297 Å². The summed E-state index contributed by atoms with van der Waals surface area (Å²) in [6, 6.07) is 0. The summed E-state index contributed by atoms with van der Waals surface area (Å²) in [5, 5.41) is 0. The Balaban J connectivity index is 4.44. The lowest BCUT2D eigenvalue weighted by Gasteiger charge is -2.18. The molecule has 6 heteroatoms. The number of unbranched alkanes of at least 4 members (excludes halogenated alkanes) is 24. The SMILES string of the molecule is CC/C=C\C/C=C\C/C=C\C/C=C\C/C=C\C/C=C\CCCCCCC(=O)OC(COC(=O)CCCC/C=C\C/C=C\C/C=C\C/C=C\CC)COC(=O)CCCCCCCCCCCCCCC/C=C\C/C=C\CCCCCCC. The maximum absolute atomic E-state index is 12.9. The summed E-state index contributed by atoms with van der Waals surface area (Å²) < 4.78 is 16.9. The quantitative estimate of drug-likeness (QED) is 0.0261. The third-order valence-corrected chi connectivity index (χ3v) is 13.8. The van der Waals surface area contributed by atoms with Crippen LogP contribution in [0.1, 0.15) is 290 Å². The van der Waals surface area contributed by atoms with Crippen LogP contribution in [0.5, 0.6) is 0 Å². The van der Waals surface area contributed by atoms with E-state index in [1.54, 1.807) is 0 Å². The number of rotatable bonds is 59. The minimum Gasteiger partial charge on any atom is -0.462 e. The highest BCUT2D eigenvalue weighted by atomic mass is 16.6. The number of carbonyl (C=O) groups is 3. The van der Waals surface area contributed by atoms with Crippen LogP contribution in [0.15, 0.2) is 146 Å². The lowest BCUT2D eigenvalue weighted by molar-refractivity contribution is -0.167. The van der Waals surface area contributed by atoms with E-state index < -0.39 is 6.10 Å². The molecule has 1 unspecified atom stereocenters. The van der Waals surface area contributed by atoms with E-state index in [2.05, 4.69) is 167 Å². The highest BCUT2D eigenvalue weighted by Gasteiger charge is 2.19. The molecule has 0 N–H and O–H groups in total. The van der Waals surface area contributed by atoms with Gasteiger partial charge in [0.2, 0.25) is 0 Å². The number of ether oxygens (including phenoxy) is 3. The van der Waals surface area contributed by atoms with Gasteiger partial charge in [0.05, 0.1) is 0 Å². The molecule has 0 aliphatic heterocycles. The molecule has 0 aromatic rings. The molecule has 0 amide bonds. The Kier molecular flexibility index (Phi) is 63.9. The van der Waals surface area contributed by atoms with Gasteiger partial charge in [0.1, 0.15) is 13.2 Å². The monoisotopic (exact) mass is 1120 g/mol. The molecule has 0 rings (SSSR count). The standard InChI is InChI=1S/C75H122O6/c1-4-7-10-13-16-19-22-25-28-30-32-34-36-37-39-40-42-44-47-50-53-56-59-62-65-68-74(77)80-71-72(70-79-73(76)67-64-61-58-55-52-49-46-27-24-21-18-15-12-9-6-3)81-75(78)69-66-63-60-57-54-51-48-45-43-41-38-35-33-31-29-26-23-20-17-14-11-8-5-2/h8-9,11-12,17-18,20-22,25-27,29-30,32-33,35,41,43,46,48,51-52,55,72H,4-7,10,13-16,19,23-24,28,31,34,36-40,42,44-45,47,49-50,53-54,56-71H2,1-3H3/b11-8-,12-9-,20-17-,21-18-,25-22-,29-26-,32-30-,35-33-,43-41-,46-27-,51-48-,55-52-. The lowest BCUT2D eigenvalue weighted by Crippen LogP contribution is -2.30. The molecule has 6 nitrogen and oxygen atoms in total. The van der Waals surface area contributed by atoms with E-state index >= 15 is 0 Å². The minimum atomic E-state index is -0.817. The molecule has 1 atom stereocenters. The van der Waals surface area contributed by atoms with Crippen LogP contribution >= 0.6 is 0 Å². The van der Waals surface area contributed by atoms with Gasteiger partial charge >= 0.3 is 17.9 Å². The number of hydrogen-bond donors (Lipinski definition) is 0. The van der Waals surface area contributed by atoms with E-state index in [1.807, 2.05) is 0 Å². The topological polar surface area (TPSA) is 78.9 Å². The van der Waals surface area contributed by atoms with Gasteiger partial charge in [0.15, 0.2) is 6.10 Å². The molecule has 0 aliphatic carbocycles. The average molecular weight is 1120 g/mol. The summed E-state index contributed by atoms with van der Waals surface area (Å²) in [6.07, 6.45) is 97.2. The van der Waals surface area contributed by atoms with Gasteiger partial charge in [0.25, 0.3) is 0 Å². The fourth-order valence-corrected chi connectivity index (χ4v) is 8.88. The molecule has 0 saturated heterocycles. The Labute approximate surface area is 499 Å². The van der Waals surface area contributed by atoms with Crippen LogP contribution < -0.4 is 0 Å². The van der Waals surface area contributed by atoms with Gasteiger partial charge in [-0.2, -0.15) is 0 Å². The van der Waals surface area contributed by atoms with Crippen LogP contribution in [0.4, 0.5) is 0 Å². The number of esters is 3. The second kappa shape index (κ2) is 67.8. The zero-order valence-electron chi connectivity index (χ0n) is 52.5. The summed E-state index contributed by atoms with van der Waals surface area (Å²) in [5.41, 5.74) is 0. The number of carbonyl (C=O) groups excluding carboxylic acids is 3. The van der Waals surface area contributed by atoms with Gasteiger partial charge in [-0.15, -0.1) is 0 Å². The first kappa shape index (κ1) is 76.3. The van der Waals surface area contributed by atoms with E-state index in [-0.39, 0.29) is 37.5 Å². The number of hydrogen-bond acceptors (Lipinski definition) is 6. The van der Waals surface area contributed by atoms with Crippen molar-refractivity contribution in [2.75, 3.05) is 13.2 Å². The molecule has 458 valence electrons. The molecule has 0 radical (unpaired) electrons. The Bertz CT molecular complexity index is 1760. The molecule has 0 bridgehead atoms. The predicted octanol–water partition coefficient (Wildman–Crippen LogP) is 23.1. The van der Waals surface area contributed by atoms with Gasteiger partial charge in [-0.25, -0.2) is 0 Å². The highest BCUT2D eigenvalue weighted by Crippen LogP contribution is 2.15. The summed E-state index contributed by atoms with van der Waals surface area (Å²) in [7, 11) is 0. The summed E-state index contributed by atoms with van der Waals surface area (Å²) >= 11 is 0. The van der Waals surface area contributed by atoms with E-state index in [9.17, 15) is 14.4 Å². The zero-order chi connectivity index (χ0) is 58.5. The van der Waals surface area contributed by atoms with Crippen molar-refractivity contribution in [1.82, 2.24) is 0 Å². The van der Waals surface area contributed by atoms with E-state index in [1.165, 1.54) is 109 Å². The summed E-state index contributed by atoms with van der Waals surface area (Å²) in [4.78, 5) is 38.4. The highest BCUT2D eigenvalue weighted by molar-refractivity contribution is 5.71. The van der Waals surface area contributed by atoms with Gasteiger partial charge in [-0.1, -0.05) is 276 Å². The first-order valence-electron chi connectivity index (χ1n) is 33.3. The largest absolute Gasteiger partial charge is 0.462 e. The van der Waals surface area contributed by atoms with Gasteiger partial charge < -0.3 is 14.2 Å². The van der Waals surface area contributed by atoms with Crippen molar-refractivity contribution in [1.29, 1.82) is 0 Å². The van der Waals surface area contributed by atoms with E-state index in [0.29, 0.717) is 19.3 Å². The molecule has 0 aliphatic rings. The van der Waals surface area contributed by atoms with Crippen LogP contribution in [0.25, 0.3) is 0 Å². The first-order valence-corrected chi connectivity index (χ1v) is 33.3. The van der Waals surface area contributed by atoms with Crippen molar-refractivity contribution >= 4 is 17.9 Å². The smallest absolute Gasteiger partial charge is 0.306 e. The molecule has 0 saturated carbocycles. The minimum absolute atomic E-state index is 0.107. The summed E-state index contributed by atoms with van der Waals surface area (Å²) in [5.74, 6) is -0.974. The fourth-order valence-electron chi connectivity index (χ4n) is 8.88. The third kappa shape index (κ3) is 66.0. The van der Waals surface area contributed by atoms with Crippen LogP contribution in [0.2, 0.25) is 0 Å². The van der Waals surface area contributed by atoms with Crippen molar-refractivity contribution < 1.29 is 28.6 Å². The maximum atomic E-state index is 12.9. The Morgan fingerprint density at radius 2 is 0.481 bits per heavy atom. The van der Waals surface area contributed by atoms with E-state index in [4.69, 9.17) is 14.2 Å². The van der Waals surface area contributed by atoms with Crippen LogP contribution in [-0.4, -0.2) is 37.2 Å². The first-order chi connectivity index (χ1) is 40.0. The molecule has 0 aromatic heterocycles. The van der Waals surface area contributed by atoms with Crippen LogP contribution in [0, 0.1) is 0 Å². The van der Waals surface area contributed by atoms with E-state index in [0.717, 1.165) is 135 Å². The molecule has 81 heavy (non-hydrogen) atoms. The Morgan fingerprint density at radius 3 is 0.778 bits per heavy atom. The second-order valence-corrected chi connectivity index (χ2v) is 21.6. The average Bonchev–Trinajstić information content (AvgIpc) is 3.47. The zero-order valence-corrected chi connectivity index (χ0v) is 52.5. The van der Waals surface area contributed by atoms with Crippen molar-refractivity contribution in [3.8, 4) is 0 Å². The molecular formula is C75H122O6. The fraction of sp³-hybridized carbons (Fsp3) is 0.640. The predicted molar refractivity (Wildman–Crippen MR) is 352 cm³/mol. The Hall–Kier alpha value is -4.71. The van der Waals surface area contributed by atoms with Crippen LogP contribution in [0.3, 0.4) is 0 Å². The third-order valence-electron chi connectivity index (χ3n) is 13.8. The van der Waals surface area contributed by atoms with Gasteiger partial charge in [0, 0.05) is 19.3 Å². The van der Waals surface area contributed by atoms with Crippen molar-refractivity contribution in [3.05, 3.63) is 146 Å².